The van der Waals surface area contributed by atoms with Crippen molar-refractivity contribution in [1.82, 2.24) is 9.21 Å². The Labute approximate surface area is 181 Å². The predicted octanol–water partition coefficient (Wildman–Crippen LogP) is 2.20. The van der Waals surface area contributed by atoms with E-state index in [4.69, 9.17) is 4.74 Å². The van der Waals surface area contributed by atoms with Gasteiger partial charge in [-0.3, -0.25) is 15.0 Å². The number of carbonyl (C=O) groups is 1. The molecule has 1 N–H and O–H groups in total. The molecule has 0 radical (unpaired) electrons. The van der Waals surface area contributed by atoms with Crippen LogP contribution in [0.4, 0.5) is 10.5 Å². The zero-order valence-corrected chi connectivity index (χ0v) is 18.6. The lowest BCUT2D eigenvalue weighted by atomic mass is 9.97. The Bertz CT molecular complexity index is 770. The fraction of sp³-hybridized carbons (Fsp3) is 0.562. The molecule has 0 saturated carbocycles. The van der Waals surface area contributed by atoms with Gasteiger partial charge >= 0.3 is 6.09 Å². The molecule has 154 valence electrons. The fourth-order valence-electron chi connectivity index (χ4n) is 3.83. The molecule has 0 aliphatic carbocycles. The highest BCUT2D eigenvalue weighted by Gasteiger charge is 2.49. The van der Waals surface area contributed by atoms with Crippen molar-refractivity contribution in [3.05, 3.63) is 34.4 Å². The molecule has 2 fully saturated rings. The topological polar surface area (TPSA) is 113 Å². The van der Waals surface area contributed by atoms with Gasteiger partial charge in [-0.2, -0.15) is 0 Å². The van der Waals surface area contributed by atoms with Crippen LogP contribution in [0, 0.1) is 16.0 Å². The highest BCUT2D eigenvalue weighted by Crippen LogP contribution is 2.37. The van der Waals surface area contributed by atoms with Gasteiger partial charge in [-0.25, -0.2) is 13.3 Å². The maximum absolute atomic E-state index is 13.1. The molecule has 1 aromatic carbocycles. The van der Waals surface area contributed by atoms with Crippen LogP contribution in [0.5, 0.6) is 0 Å². The molecule has 2 heterocycles. The van der Waals surface area contributed by atoms with E-state index < -0.39 is 28.0 Å². The van der Waals surface area contributed by atoms with Crippen molar-refractivity contribution < 1.29 is 23.8 Å². The Morgan fingerprint density at radius 3 is 2.86 bits per heavy atom. The molecule has 2 saturated heterocycles. The Hall–Kier alpha value is -0.960. The number of halogens is 1. The minimum atomic E-state index is -1.73. The van der Waals surface area contributed by atoms with Crippen LogP contribution in [0.1, 0.15) is 6.42 Å². The third-order valence-electron chi connectivity index (χ3n) is 4.99. The summed E-state index contributed by atoms with van der Waals surface area (Å²) in [5.74, 6) is 0.605. The second-order valence-corrected chi connectivity index (χ2v) is 10.5. The summed E-state index contributed by atoms with van der Waals surface area (Å²) in [5, 5.41) is 21.1. The van der Waals surface area contributed by atoms with Crippen LogP contribution in [0.2, 0.25) is 0 Å². The van der Waals surface area contributed by atoms with Crippen LogP contribution < -0.4 is 0 Å². The number of hydrogen-bond acceptors (Lipinski definition) is 7. The first kappa shape index (κ1) is 21.7. The van der Waals surface area contributed by atoms with E-state index in [0.29, 0.717) is 25.3 Å². The standard InChI is InChI=1S/C16H20IN3O6S2/c17-27-6-5-26-16(22)19-12-7-11(14(19)10-21)8-18(9-12)28(25)15-4-2-1-3-13(15)20(23)24/h1-4,11-12,14,21H,5-10H2. The van der Waals surface area contributed by atoms with E-state index in [1.165, 1.54) is 27.1 Å². The molecule has 12 heteroatoms. The SMILES string of the molecule is O=C(OCCSI)N1C2CC(CN(S(=O)c3ccccc3[N+](=O)[O-])C2)C1CO. The smallest absolute Gasteiger partial charge is 0.410 e. The van der Waals surface area contributed by atoms with Crippen LogP contribution in [0.25, 0.3) is 0 Å². The van der Waals surface area contributed by atoms with Gasteiger partial charge in [0, 0.05) is 31.0 Å². The number of fused-ring (bicyclic) bond motifs is 2. The Balaban J connectivity index is 1.77. The number of para-hydroxylation sites is 1. The molecule has 4 unspecified atom stereocenters. The number of aliphatic hydroxyl groups is 1. The summed E-state index contributed by atoms with van der Waals surface area (Å²) in [6.07, 6.45) is 0.210. The molecular weight excluding hydrogens is 521 g/mol. The predicted molar refractivity (Wildman–Crippen MR) is 114 cm³/mol. The van der Waals surface area contributed by atoms with Crippen molar-refractivity contribution in [2.24, 2.45) is 5.92 Å². The average Bonchev–Trinajstić information content (AvgIpc) is 2.96. The van der Waals surface area contributed by atoms with E-state index >= 15 is 0 Å². The van der Waals surface area contributed by atoms with Crippen molar-refractivity contribution in [3.63, 3.8) is 0 Å². The summed E-state index contributed by atoms with van der Waals surface area (Å²) in [6, 6.07) is 5.31. The van der Waals surface area contributed by atoms with Gasteiger partial charge in [-0.05, 0) is 39.6 Å². The molecule has 9 nitrogen and oxygen atoms in total. The number of hydrogen-bond donors (Lipinski definition) is 1. The van der Waals surface area contributed by atoms with Crippen molar-refractivity contribution in [1.29, 1.82) is 0 Å². The van der Waals surface area contributed by atoms with Crippen LogP contribution in [0.15, 0.2) is 29.2 Å². The molecule has 2 bridgehead atoms. The Kier molecular flexibility index (Phi) is 7.53. The lowest BCUT2D eigenvalue weighted by molar-refractivity contribution is -0.387. The average molecular weight is 541 g/mol. The minimum Gasteiger partial charge on any atom is -0.448 e. The summed E-state index contributed by atoms with van der Waals surface area (Å²) >= 11 is 2.12. The number of amides is 1. The molecule has 3 rings (SSSR count). The van der Waals surface area contributed by atoms with Gasteiger partial charge in [0.05, 0.1) is 17.6 Å². The van der Waals surface area contributed by atoms with Crippen LogP contribution in [-0.2, 0) is 15.7 Å². The second kappa shape index (κ2) is 9.69. The molecule has 1 amide bonds. The number of benzene rings is 1. The number of nitro groups is 1. The third kappa shape index (κ3) is 4.45. The minimum absolute atomic E-state index is 0.0676. The van der Waals surface area contributed by atoms with Crippen molar-refractivity contribution >= 4 is 52.9 Å². The number of ether oxygens (including phenoxy) is 1. The zero-order chi connectivity index (χ0) is 20.3. The molecule has 2 aliphatic heterocycles. The summed E-state index contributed by atoms with van der Waals surface area (Å²) in [4.78, 5) is 24.9. The summed E-state index contributed by atoms with van der Waals surface area (Å²) < 4.78 is 20.0. The fourth-order valence-corrected chi connectivity index (χ4v) is 5.95. The van der Waals surface area contributed by atoms with E-state index in [-0.39, 0.29) is 35.8 Å². The highest BCUT2D eigenvalue weighted by atomic mass is 127. The molecule has 4 atom stereocenters. The van der Waals surface area contributed by atoms with E-state index in [1.54, 1.807) is 15.3 Å². The van der Waals surface area contributed by atoms with Crippen LogP contribution in [-0.4, -0.2) is 73.7 Å². The van der Waals surface area contributed by atoms with Gasteiger partial charge in [0.1, 0.15) is 22.5 Å². The number of piperidine rings is 1. The number of aliphatic hydroxyl groups excluding tert-OH is 1. The lowest BCUT2D eigenvalue weighted by Crippen LogP contribution is -2.46. The van der Waals surface area contributed by atoms with Gasteiger partial charge in [0.2, 0.25) is 0 Å². The zero-order valence-electron chi connectivity index (χ0n) is 14.8. The second-order valence-electron chi connectivity index (χ2n) is 6.56. The van der Waals surface area contributed by atoms with Gasteiger partial charge in [0.25, 0.3) is 5.69 Å². The highest BCUT2D eigenvalue weighted by molar-refractivity contribution is 14.2. The van der Waals surface area contributed by atoms with Crippen molar-refractivity contribution in [2.45, 2.75) is 23.4 Å². The summed E-state index contributed by atoms with van der Waals surface area (Å²) in [5.41, 5.74) is -0.190. The monoisotopic (exact) mass is 541 g/mol. The Morgan fingerprint density at radius 2 is 2.18 bits per heavy atom. The normalized spacial score (nSPS) is 25.5. The number of nitro benzene ring substituents is 1. The molecule has 1 aromatic rings. The largest absolute Gasteiger partial charge is 0.448 e. The van der Waals surface area contributed by atoms with Gasteiger partial charge in [-0.15, -0.1) is 0 Å². The van der Waals surface area contributed by atoms with Crippen molar-refractivity contribution in [2.75, 3.05) is 32.1 Å². The quantitative estimate of drug-likeness (QED) is 0.244. The lowest BCUT2D eigenvalue weighted by Gasteiger charge is -2.31. The van der Waals surface area contributed by atoms with Gasteiger partial charge < -0.3 is 9.84 Å². The first-order chi connectivity index (χ1) is 13.5. The van der Waals surface area contributed by atoms with Crippen LogP contribution >= 0.6 is 30.1 Å². The number of nitrogens with zero attached hydrogens (tertiary/aromatic N) is 3. The first-order valence-corrected chi connectivity index (χ1v) is 13.3. The first-order valence-electron chi connectivity index (χ1n) is 8.67. The molecule has 0 spiro atoms. The third-order valence-corrected chi connectivity index (χ3v) is 8.12. The maximum atomic E-state index is 13.1. The number of rotatable bonds is 7. The maximum Gasteiger partial charge on any atom is 0.410 e. The molecule has 2 aliphatic rings. The summed E-state index contributed by atoms with van der Waals surface area (Å²) in [6.45, 7) is 0.767. The van der Waals surface area contributed by atoms with E-state index in [9.17, 15) is 24.2 Å². The molecule has 0 aromatic heterocycles. The van der Waals surface area contributed by atoms with Gasteiger partial charge in [0.15, 0.2) is 0 Å². The van der Waals surface area contributed by atoms with Gasteiger partial charge in [-0.1, -0.05) is 21.1 Å². The number of carbonyl (C=O) groups excluding carboxylic acids is 1. The van der Waals surface area contributed by atoms with E-state index in [0.717, 1.165) is 0 Å². The van der Waals surface area contributed by atoms with Crippen LogP contribution in [0.3, 0.4) is 0 Å². The van der Waals surface area contributed by atoms with E-state index in [1.807, 2.05) is 0 Å². The molecular formula is C16H20IN3O6S2. The Morgan fingerprint density at radius 1 is 1.43 bits per heavy atom. The van der Waals surface area contributed by atoms with Crippen molar-refractivity contribution in [3.8, 4) is 0 Å². The van der Waals surface area contributed by atoms with E-state index in [2.05, 4.69) is 21.2 Å². The molecule has 28 heavy (non-hydrogen) atoms. The number of likely N-dealkylation sites (tertiary alicyclic amines) is 1. The summed E-state index contributed by atoms with van der Waals surface area (Å²) in [7, 11) is -0.189.